The van der Waals surface area contributed by atoms with Gasteiger partial charge in [0.05, 0.1) is 0 Å². The van der Waals surface area contributed by atoms with Gasteiger partial charge in [-0.05, 0) is 35.4 Å². The molecule has 1 aliphatic carbocycles. The molecule has 0 aliphatic heterocycles. The first-order valence-electron chi connectivity index (χ1n) is 7.17. The highest BCUT2D eigenvalue weighted by atomic mass is 16.5. The number of phenolic OH excluding ortho intramolecular Hbond substituents is 1. The molecular weight excluding hydrogens is 324 g/mol. The highest BCUT2D eigenvalue weighted by molar-refractivity contribution is 6.22. The molecule has 0 unspecified atom stereocenters. The van der Waals surface area contributed by atoms with Crippen molar-refractivity contribution in [2.45, 2.75) is 0 Å². The Bertz CT molecular complexity index is 853. The van der Waals surface area contributed by atoms with E-state index in [1.54, 1.807) is 36.4 Å². The van der Waals surface area contributed by atoms with Crippen molar-refractivity contribution in [3.05, 3.63) is 77.4 Å². The minimum Gasteiger partial charge on any atom is -0.504 e. The average Bonchev–Trinajstić information content (AvgIpc) is 2.58. The Hall–Kier alpha value is -3.67. The molecule has 0 fully saturated rings. The molecular formula is C19H14O6. The maximum atomic E-state index is 11.4. The van der Waals surface area contributed by atoms with Gasteiger partial charge in [0.2, 0.25) is 0 Å². The summed E-state index contributed by atoms with van der Waals surface area (Å²) in [5.74, 6) is -1.87. The van der Waals surface area contributed by atoms with Crippen LogP contribution in [0, 0.1) is 0 Å². The Morgan fingerprint density at radius 1 is 1.12 bits per heavy atom. The van der Waals surface area contributed by atoms with Crippen LogP contribution in [0.4, 0.5) is 0 Å². The van der Waals surface area contributed by atoms with E-state index in [0.717, 1.165) is 0 Å². The molecule has 0 saturated heterocycles. The SMILES string of the molecule is O=COc1cc(/C=C/C=C/C=C2\C=CC(=O)C(C(=O)O)=C2)ccc1O. The number of phenols is 1. The molecule has 0 amide bonds. The number of carboxylic acids is 1. The van der Waals surface area contributed by atoms with Crippen molar-refractivity contribution in [1.29, 1.82) is 0 Å². The van der Waals surface area contributed by atoms with Crippen LogP contribution in [-0.2, 0) is 14.4 Å². The molecule has 0 spiro atoms. The monoisotopic (exact) mass is 338 g/mol. The number of benzene rings is 1. The Morgan fingerprint density at radius 2 is 1.92 bits per heavy atom. The normalized spacial score (nSPS) is 15.8. The van der Waals surface area contributed by atoms with Crippen LogP contribution in [0.25, 0.3) is 6.08 Å². The van der Waals surface area contributed by atoms with Gasteiger partial charge in [-0.1, -0.05) is 42.5 Å². The van der Waals surface area contributed by atoms with Crippen molar-refractivity contribution in [3.8, 4) is 11.5 Å². The summed E-state index contributed by atoms with van der Waals surface area (Å²) >= 11 is 0. The van der Waals surface area contributed by atoms with Crippen LogP contribution < -0.4 is 4.74 Å². The third-order valence-electron chi connectivity index (χ3n) is 3.19. The van der Waals surface area contributed by atoms with E-state index >= 15 is 0 Å². The number of rotatable bonds is 6. The Labute approximate surface area is 143 Å². The summed E-state index contributed by atoms with van der Waals surface area (Å²) in [6, 6.07) is 4.56. The fourth-order valence-corrected chi connectivity index (χ4v) is 2.00. The van der Waals surface area contributed by atoms with Gasteiger partial charge in [0.15, 0.2) is 17.3 Å². The molecule has 6 heteroatoms. The Kier molecular flexibility index (Phi) is 5.84. The zero-order valence-corrected chi connectivity index (χ0v) is 13.0. The molecule has 126 valence electrons. The molecule has 0 aromatic heterocycles. The number of ether oxygens (including phenoxy) is 1. The first-order chi connectivity index (χ1) is 12.0. The van der Waals surface area contributed by atoms with Gasteiger partial charge in [0.1, 0.15) is 5.57 Å². The summed E-state index contributed by atoms with van der Waals surface area (Å²) in [5.41, 5.74) is 1.03. The lowest BCUT2D eigenvalue weighted by atomic mass is 10.0. The number of allylic oxidation sites excluding steroid dienone is 8. The Morgan fingerprint density at radius 3 is 2.64 bits per heavy atom. The van der Waals surface area contributed by atoms with Gasteiger partial charge >= 0.3 is 5.97 Å². The predicted octanol–water partition coefficient (Wildman–Crippen LogP) is 2.57. The zero-order valence-electron chi connectivity index (χ0n) is 13.0. The number of carboxylic acid groups (broad SMARTS) is 1. The quantitative estimate of drug-likeness (QED) is 0.470. The molecule has 0 saturated carbocycles. The topological polar surface area (TPSA) is 101 Å². The molecule has 2 rings (SSSR count). The second-order valence-electron chi connectivity index (χ2n) is 4.91. The van der Waals surface area contributed by atoms with Gasteiger partial charge in [0, 0.05) is 0 Å². The first kappa shape index (κ1) is 17.7. The third kappa shape index (κ3) is 4.90. The minimum absolute atomic E-state index is 0.0617. The predicted molar refractivity (Wildman–Crippen MR) is 90.9 cm³/mol. The van der Waals surface area contributed by atoms with Gasteiger partial charge in [-0.15, -0.1) is 0 Å². The summed E-state index contributed by atoms with van der Waals surface area (Å²) in [6.07, 6.45) is 12.5. The highest BCUT2D eigenvalue weighted by Gasteiger charge is 2.17. The number of carbonyl (C=O) groups excluding carboxylic acids is 2. The maximum absolute atomic E-state index is 11.4. The highest BCUT2D eigenvalue weighted by Crippen LogP contribution is 2.26. The molecule has 6 nitrogen and oxygen atoms in total. The van der Waals surface area contributed by atoms with Gasteiger partial charge in [-0.25, -0.2) is 4.79 Å². The van der Waals surface area contributed by atoms with Crippen molar-refractivity contribution in [1.82, 2.24) is 0 Å². The van der Waals surface area contributed by atoms with Crippen molar-refractivity contribution in [3.63, 3.8) is 0 Å². The Balaban J connectivity index is 2.06. The third-order valence-corrected chi connectivity index (χ3v) is 3.19. The van der Waals surface area contributed by atoms with E-state index in [-0.39, 0.29) is 23.5 Å². The van der Waals surface area contributed by atoms with E-state index in [2.05, 4.69) is 4.74 Å². The molecule has 1 aromatic carbocycles. The number of hydrogen-bond donors (Lipinski definition) is 2. The molecule has 0 atom stereocenters. The molecule has 0 radical (unpaired) electrons. The van der Waals surface area contributed by atoms with Gasteiger partial charge < -0.3 is 14.9 Å². The van der Waals surface area contributed by atoms with Crippen molar-refractivity contribution >= 4 is 24.3 Å². The second kappa shape index (κ2) is 8.26. The number of carbonyl (C=O) groups is 3. The summed E-state index contributed by atoms with van der Waals surface area (Å²) in [4.78, 5) is 32.6. The number of ketones is 1. The maximum Gasteiger partial charge on any atom is 0.339 e. The number of aromatic hydroxyl groups is 1. The minimum atomic E-state index is -1.26. The molecule has 1 aliphatic rings. The zero-order chi connectivity index (χ0) is 18.2. The lowest BCUT2D eigenvalue weighted by molar-refractivity contribution is -0.134. The van der Waals surface area contributed by atoms with Crippen LogP contribution in [0.3, 0.4) is 0 Å². The van der Waals surface area contributed by atoms with E-state index in [9.17, 15) is 19.5 Å². The summed E-state index contributed by atoms with van der Waals surface area (Å²) in [5, 5.41) is 18.4. The molecule has 2 N–H and O–H groups in total. The number of hydrogen-bond acceptors (Lipinski definition) is 5. The van der Waals surface area contributed by atoms with Crippen LogP contribution >= 0.6 is 0 Å². The van der Waals surface area contributed by atoms with E-state index in [0.29, 0.717) is 11.1 Å². The summed E-state index contributed by atoms with van der Waals surface area (Å²) in [7, 11) is 0. The lowest BCUT2D eigenvalue weighted by Crippen LogP contribution is -2.12. The molecule has 0 heterocycles. The smallest absolute Gasteiger partial charge is 0.339 e. The van der Waals surface area contributed by atoms with Crippen molar-refractivity contribution in [2.24, 2.45) is 0 Å². The van der Waals surface area contributed by atoms with E-state index in [1.165, 1.54) is 30.4 Å². The van der Waals surface area contributed by atoms with Crippen LogP contribution in [0.15, 0.2) is 71.9 Å². The van der Waals surface area contributed by atoms with Crippen LogP contribution in [0.5, 0.6) is 11.5 Å². The average molecular weight is 338 g/mol. The largest absolute Gasteiger partial charge is 0.504 e. The lowest BCUT2D eigenvalue weighted by Gasteiger charge is -2.03. The van der Waals surface area contributed by atoms with E-state index in [4.69, 9.17) is 5.11 Å². The number of aliphatic carboxylic acids is 1. The van der Waals surface area contributed by atoms with Crippen molar-refractivity contribution < 1.29 is 29.3 Å². The molecule has 0 bridgehead atoms. The van der Waals surface area contributed by atoms with E-state index < -0.39 is 11.8 Å². The van der Waals surface area contributed by atoms with Crippen LogP contribution in [0.1, 0.15) is 5.56 Å². The van der Waals surface area contributed by atoms with Gasteiger partial charge in [-0.2, -0.15) is 0 Å². The molecule has 25 heavy (non-hydrogen) atoms. The van der Waals surface area contributed by atoms with E-state index in [1.807, 2.05) is 0 Å². The summed E-state index contributed by atoms with van der Waals surface area (Å²) < 4.78 is 4.64. The fourth-order valence-electron chi connectivity index (χ4n) is 2.00. The van der Waals surface area contributed by atoms with Crippen molar-refractivity contribution in [2.75, 3.05) is 0 Å². The standard InChI is InChI=1S/C19H14O6/c20-12-25-18-11-14(7-9-17(18)22)5-3-1-2-4-13-6-8-16(21)15(10-13)19(23)24/h1-12,22H,(H,23,24)/b2-1+,5-3+,13-4+. The van der Waals surface area contributed by atoms with Crippen LogP contribution in [-0.4, -0.2) is 28.4 Å². The molecule has 1 aromatic rings. The van der Waals surface area contributed by atoms with Crippen LogP contribution in [0.2, 0.25) is 0 Å². The summed E-state index contributed by atoms with van der Waals surface area (Å²) in [6.45, 7) is 0.232. The first-order valence-corrected chi connectivity index (χ1v) is 7.17. The second-order valence-corrected chi connectivity index (χ2v) is 4.91. The van der Waals surface area contributed by atoms with Gasteiger partial charge in [-0.3, -0.25) is 9.59 Å². The fraction of sp³-hybridized carbons (Fsp3) is 0. The van der Waals surface area contributed by atoms with Gasteiger partial charge in [0.25, 0.3) is 6.47 Å².